The number of benzene rings is 2. The summed E-state index contributed by atoms with van der Waals surface area (Å²) in [5.41, 5.74) is 6.11. The minimum atomic E-state index is -0.682. The van der Waals surface area contributed by atoms with Gasteiger partial charge in [0.2, 0.25) is 0 Å². The smallest absolute Gasteiger partial charge is 0.251 e. The second kappa shape index (κ2) is 7.69. The van der Waals surface area contributed by atoms with Gasteiger partial charge in [-0.1, -0.05) is 6.07 Å². The molecule has 0 aliphatic heterocycles. The molecule has 0 aliphatic rings. The van der Waals surface area contributed by atoms with E-state index >= 15 is 0 Å². The number of nitrogens with one attached hydrogen (secondary N) is 1. The zero-order chi connectivity index (χ0) is 16.8. The van der Waals surface area contributed by atoms with Crippen molar-refractivity contribution in [2.45, 2.75) is 13.0 Å². The molecule has 1 atom stereocenters. The van der Waals surface area contributed by atoms with E-state index in [2.05, 4.69) is 5.32 Å². The number of nitrogens with two attached hydrogens (primary N) is 1. The van der Waals surface area contributed by atoms with Crippen molar-refractivity contribution in [1.82, 2.24) is 5.32 Å². The van der Waals surface area contributed by atoms with Crippen molar-refractivity contribution < 1.29 is 18.3 Å². The Morgan fingerprint density at radius 3 is 2.57 bits per heavy atom. The van der Waals surface area contributed by atoms with Crippen LogP contribution in [-0.2, 0) is 0 Å². The zero-order valence-electron chi connectivity index (χ0n) is 12.7. The first-order valence-corrected chi connectivity index (χ1v) is 7.19. The van der Waals surface area contributed by atoms with Gasteiger partial charge in [-0.15, -0.1) is 0 Å². The van der Waals surface area contributed by atoms with Gasteiger partial charge in [0.25, 0.3) is 5.91 Å². The second-order valence-corrected chi connectivity index (χ2v) is 5.06. The van der Waals surface area contributed by atoms with Crippen molar-refractivity contribution in [3.63, 3.8) is 0 Å². The van der Waals surface area contributed by atoms with Gasteiger partial charge in [-0.3, -0.25) is 4.79 Å². The molecule has 1 amide bonds. The number of amides is 1. The molecule has 0 saturated carbocycles. The third-order valence-corrected chi connectivity index (χ3v) is 3.22. The van der Waals surface area contributed by atoms with E-state index < -0.39 is 17.7 Å². The molecule has 3 N–H and O–H groups in total. The molecule has 0 fully saturated rings. The van der Waals surface area contributed by atoms with Crippen LogP contribution in [0.2, 0.25) is 0 Å². The monoisotopic (exact) mass is 320 g/mol. The van der Waals surface area contributed by atoms with E-state index in [1.54, 1.807) is 31.2 Å². The van der Waals surface area contributed by atoms with Gasteiger partial charge in [-0.2, -0.15) is 0 Å². The Balaban J connectivity index is 2.08. The van der Waals surface area contributed by atoms with Crippen LogP contribution in [0.3, 0.4) is 0 Å². The molecular weight excluding hydrogens is 302 g/mol. The van der Waals surface area contributed by atoms with E-state index in [9.17, 15) is 13.6 Å². The molecule has 0 spiro atoms. The van der Waals surface area contributed by atoms with E-state index in [1.165, 1.54) is 12.1 Å². The Bertz CT molecular complexity index is 672. The van der Waals surface area contributed by atoms with Crippen LogP contribution in [0.25, 0.3) is 0 Å². The van der Waals surface area contributed by atoms with Crippen LogP contribution in [0, 0.1) is 11.6 Å². The fourth-order valence-corrected chi connectivity index (χ4v) is 2.09. The Hall–Kier alpha value is -2.47. The van der Waals surface area contributed by atoms with Gasteiger partial charge in [-0.05, 0) is 42.8 Å². The lowest BCUT2D eigenvalue weighted by Gasteiger charge is -2.15. The molecule has 0 radical (unpaired) electrons. The number of halogens is 2. The maximum absolute atomic E-state index is 13.2. The Kier molecular flexibility index (Phi) is 5.65. The summed E-state index contributed by atoms with van der Waals surface area (Å²) >= 11 is 0. The first-order valence-electron chi connectivity index (χ1n) is 7.19. The molecule has 0 heterocycles. The fourth-order valence-electron chi connectivity index (χ4n) is 2.09. The zero-order valence-corrected chi connectivity index (χ0v) is 12.7. The Labute approximate surface area is 133 Å². The highest BCUT2D eigenvalue weighted by Gasteiger charge is 2.13. The Morgan fingerprint density at radius 1 is 1.22 bits per heavy atom. The lowest BCUT2D eigenvalue weighted by Crippen LogP contribution is -2.26. The quantitative estimate of drug-likeness (QED) is 0.860. The van der Waals surface area contributed by atoms with Crippen LogP contribution in [0.1, 0.15) is 28.9 Å². The molecule has 6 heteroatoms. The van der Waals surface area contributed by atoms with E-state index in [0.717, 1.165) is 6.07 Å². The van der Waals surface area contributed by atoms with E-state index in [1.807, 2.05) is 0 Å². The molecular formula is C17H18F2N2O2. The highest BCUT2D eigenvalue weighted by molar-refractivity contribution is 5.94. The largest absolute Gasteiger partial charge is 0.492 e. The van der Waals surface area contributed by atoms with E-state index in [4.69, 9.17) is 10.5 Å². The summed E-state index contributed by atoms with van der Waals surface area (Å²) in [5.74, 6) is -1.19. The number of carbonyl (C=O) groups excluding carboxylic acids is 1. The van der Waals surface area contributed by atoms with E-state index in [0.29, 0.717) is 30.0 Å². The first kappa shape index (κ1) is 16.9. The topological polar surface area (TPSA) is 64.3 Å². The average molecular weight is 320 g/mol. The van der Waals surface area contributed by atoms with Crippen LogP contribution in [0.15, 0.2) is 42.5 Å². The third kappa shape index (κ3) is 4.75. The summed E-state index contributed by atoms with van der Waals surface area (Å²) in [6, 6.07) is 9.25. The lowest BCUT2D eigenvalue weighted by atomic mass is 10.1. The molecule has 2 aromatic rings. The van der Waals surface area contributed by atoms with Crippen molar-refractivity contribution in [1.29, 1.82) is 0 Å². The van der Waals surface area contributed by atoms with Crippen molar-refractivity contribution in [3.05, 3.63) is 65.2 Å². The van der Waals surface area contributed by atoms with Crippen molar-refractivity contribution in [2.75, 3.05) is 13.2 Å². The van der Waals surface area contributed by atoms with Crippen molar-refractivity contribution >= 4 is 5.91 Å². The number of hydrogen-bond acceptors (Lipinski definition) is 3. The maximum atomic E-state index is 13.2. The second-order valence-electron chi connectivity index (χ2n) is 5.06. The lowest BCUT2D eigenvalue weighted by molar-refractivity contribution is 0.0939. The standard InChI is InChI=1S/C17H18F2N2O2/c1-11(13-7-14(18)10-15(19)8-13)21-17(22)12-3-2-4-16(9-12)23-6-5-20/h2-4,7-11H,5-6,20H2,1H3,(H,21,22)/t11-/m1/s1. The molecule has 2 rings (SSSR count). The number of rotatable bonds is 6. The summed E-state index contributed by atoms with van der Waals surface area (Å²) in [7, 11) is 0. The highest BCUT2D eigenvalue weighted by atomic mass is 19.1. The third-order valence-electron chi connectivity index (χ3n) is 3.22. The molecule has 2 aromatic carbocycles. The van der Waals surface area contributed by atoms with Crippen molar-refractivity contribution in [3.8, 4) is 5.75 Å². The Morgan fingerprint density at radius 2 is 1.91 bits per heavy atom. The molecule has 0 saturated heterocycles. The van der Waals surface area contributed by atoms with Crippen LogP contribution in [0.5, 0.6) is 5.75 Å². The van der Waals surface area contributed by atoms with Gasteiger partial charge in [0.05, 0.1) is 6.04 Å². The minimum absolute atomic E-state index is 0.351. The molecule has 0 aliphatic carbocycles. The summed E-state index contributed by atoms with van der Waals surface area (Å²) in [4.78, 5) is 12.2. The van der Waals surface area contributed by atoms with E-state index in [-0.39, 0.29) is 5.91 Å². The van der Waals surface area contributed by atoms with Gasteiger partial charge in [0.15, 0.2) is 0 Å². The van der Waals surface area contributed by atoms with Gasteiger partial charge in [0.1, 0.15) is 24.0 Å². The number of carbonyl (C=O) groups is 1. The van der Waals surface area contributed by atoms with Crippen LogP contribution in [0.4, 0.5) is 8.78 Å². The molecule has 0 unspecified atom stereocenters. The van der Waals surface area contributed by atoms with Crippen LogP contribution in [-0.4, -0.2) is 19.1 Å². The molecule has 0 bridgehead atoms. The predicted molar refractivity (Wildman–Crippen MR) is 83.2 cm³/mol. The van der Waals surface area contributed by atoms with Gasteiger partial charge < -0.3 is 15.8 Å². The fraction of sp³-hybridized carbons (Fsp3) is 0.235. The number of hydrogen-bond donors (Lipinski definition) is 2. The summed E-state index contributed by atoms with van der Waals surface area (Å²) < 4.78 is 31.8. The first-order chi connectivity index (χ1) is 11.0. The molecule has 0 aromatic heterocycles. The maximum Gasteiger partial charge on any atom is 0.251 e. The van der Waals surface area contributed by atoms with Crippen molar-refractivity contribution in [2.24, 2.45) is 5.73 Å². The molecule has 122 valence electrons. The van der Waals surface area contributed by atoms with Gasteiger partial charge >= 0.3 is 0 Å². The summed E-state index contributed by atoms with van der Waals surface area (Å²) in [6.45, 7) is 2.38. The average Bonchev–Trinajstić information content (AvgIpc) is 2.52. The van der Waals surface area contributed by atoms with Crippen LogP contribution < -0.4 is 15.8 Å². The normalized spacial score (nSPS) is 11.8. The minimum Gasteiger partial charge on any atom is -0.492 e. The van der Waals surface area contributed by atoms with Gasteiger partial charge in [0, 0.05) is 18.2 Å². The SMILES string of the molecule is C[C@@H](NC(=O)c1cccc(OCCN)c1)c1cc(F)cc(F)c1. The molecule has 23 heavy (non-hydrogen) atoms. The van der Waals surface area contributed by atoms with Crippen LogP contribution >= 0.6 is 0 Å². The summed E-state index contributed by atoms with van der Waals surface area (Å²) in [6.07, 6.45) is 0. The molecule has 4 nitrogen and oxygen atoms in total. The van der Waals surface area contributed by atoms with Gasteiger partial charge in [-0.25, -0.2) is 8.78 Å². The number of ether oxygens (including phenoxy) is 1. The highest BCUT2D eigenvalue weighted by Crippen LogP contribution is 2.18. The summed E-state index contributed by atoms with van der Waals surface area (Å²) in [5, 5.41) is 2.70. The predicted octanol–water partition coefficient (Wildman–Crippen LogP) is 2.79.